The summed E-state index contributed by atoms with van der Waals surface area (Å²) >= 11 is 0. The van der Waals surface area contributed by atoms with E-state index in [9.17, 15) is 24.6 Å². The SMILES string of the molecule is COC(=O)c1cc(C(=O)NCCCCCN2CCN(Cc3ccc4c(c3)CN(C(=O)c3cc(C(C)C)c(O)cc3O)C4)CC2)ccc1-c1c2ccc(=[N+](C)C)cc-2oc2cc(N(C)C)ccc12. The van der Waals surface area contributed by atoms with Crippen molar-refractivity contribution in [2.75, 3.05) is 79.5 Å². The standard InChI is InChI=1S/C54H62N6O7/c1-34(2)44-29-46(48(62)30-47(44)61)53(64)60-32-37-12-11-35(25-38(37)33-60)31-59-23-21-58(22-24-59)20-10-8-9-19-55-52(63)36-13-16-41(45(26-36)54(65)66-7)51-42-17-14-39(56(3)4)27-49(42)67-50-28-40(57(5)6)15-18-43(50)51/h11-18,25-30,34H,8-10,19-24,31-33H2,1-7H3,(H2-,55,61,62,63,64)/p+1. The van der Waals surface area contributed by atoms with Gasteiger partial charge in [-0.05, 0) is 89.5 Å². The second-order valence-electron chi connectivity index (χ2n) is 18.7. The molecule has 67 heavy (non-hydrogen) atoms. The van der Waals surface area contributed by atoms with Crippen LogP contribution in [0.4, 0.5) is 5.69 Å². The Balaban J connectivity index is 0.818. The molecule has 1 saturated heterocycles. The lowest BCUT2D eigenvalue weighted by molar-refractivity contribution is 0.0601. The van der Waals surface area contributed by atoms with Gasteiger partial charge in [0.1, 0.15) is 36.9 Å². The second kappa shape index (κ2) is 20.0. The molecular weight excluding hydrogens is 845 g/mol. The Morgan fingerprint density at radius 1 is 0.791 bits per heavy atom. The summed E-state index contributed by atoms with van der Waals surface area (Å²) in [5.41, 5.74) is 9.03. The second-order valence-corrected chi connectivity index (χ2v) is 18.7. The van der Waals surface area contributed by atoms with Crippen LogP contribution in [0.25, 0.3) is 33.4 Å². The minimum absolute atomic E-state index is 0.000899. The molecule has 13 nitrogen and oxygen atoms in total. The molecule has 3 aliphatic heterocycles. The Labute approximate surface area is 392 Å². The molecule has 0 atom stereocenters. The van der Waals surface area contributed by atoms with E-state index in [0.717, 1.165) is 97.2 Å². The normalized spacial score (nSPS) is 14.2. The average Bonchev–Trinajstić information content (AvgIpc) is 3.75. The van der Waals surface area contributed by atoms with Gasteiger partial charge in [0, 0.05) is 112 Å². The van der Waals surface area contributed by atoms with Crippen molar-refractivity contribution >= 4 is 34.4 Å². The number of anilines is 1. The smallest absolute Gasteiger partial charge is 0.338 e. The summed E-state index contributed by atoms with van der Waals surface area (Å²) in [6, 6.07) is 26.7. The fraction of sp³-hybridized carbons (Fsp3) is 0.370. The van der Waals surface area contributed by atoms with Gasteiger partial charge >= 0.3 is 5.97 Å². The molecule has 4 aromatic carbocycles. The molecule has 8 rings (SSSR count). The predicted octanol–water partition coefficient (Wildman–Crippen LogP) is 7.50. The molecular formula is C54H63N6O7+. The van der Waals surface area contributed by atoms with Crippen molar-refractivity contribution < 1.29 is 33.8 Å². The quantitative estimate of drug-likeness (QED) is 0.0436. The average molecular weight is 908 g/mol. The molecule has 3 N–H and O–H groups in total. The summed E-state index contributed by atoms with van der Waals surface area (Å²) in [6.07, 6.45) is 2.87. The van der Waals surface area contributed by atoms with Gasteiger partial charge < -0.3 is 39.4 Å². The van der Waals surface area contributed by atoms with E-state index >= 15 is 0 Å². The number of benzene rings is 5. The van der Waals surface area contributed by atoms with Gasteiger partial charge in [0.05, 0.1) is 24.3 Å². The third-order valence-corrected chi connectivity index (χ3v) is 13.3. The molecule has 4 aromatic rings. The maximum atomic E-state index is 13.5. The monoisotopic (exact) mass is 907 g/mol. The van der Waals surface area contributed by atoms with Crippen LogP contribution in [0, 0.1) is 0 Å². The molecule has 0 unspecified atom stereocenters. The van der Waals surface area contributed by atoms with Crippen molar-refractivity contribution in [2.24, 2.45) is 0 Å². The Morgan fingerprint density at radius 2 is 1.54 bits per heavy atom. The number of aromatic hydroxyl groups is 2. The van der Waals surface area contributed by atoms with Gasteiger partial charge in [-0.25, -0.2) is 9.37 Å². The Morgan fingerprint density at radius 3 is 2.27 bits per heavy atom. The van der Waals surface area contributed by atoms with Gasteiger partial charge in [-0.15, -0.1) is 0 Å². The number of ether oxygens (including phenoxy) is 1. The van der Waals surface area contributed by atoms with Crippen molar-refractivity contribution in [3.63, 3.8) is 0 Å². The number of carbonyl (C=O) groups is 3. The molecule has 350 valence electrons. The summed E-state index contributed by atoms with van der Waals surface area (Å²) in [4.78, 5) is 49.2. The van der Waals surface area contributed by atoms with Crippen molar-refractivity contribution in [1.82, 2.24) is 24.6 Å². The minimum atomic E-state index is -0.525. The molecule has 1 fully saturated rings. The number of esters is 1. The van der Waals surface area contributed by atoms with E-state index in [1.54, 1.807) is 23.1 Å². The lowest BCUT2D eigenvalue weighted by atomic mass is 9.89. The van der Waals surface area contributed by atoms with Gasteiger partial charge in [0.15, 0.2) is 0 Å². The van der Waals surface area contributed by atoms with E-state index in [-0.39, 0.29) is 34.8 Å². The number of hydrogen-bond acceptors (Lipinski definition) is 10. The third kappa shape index (κ3) is 10.2. The van der Waals surface area contributed by atoms with Crippen LogP contribution in [-0.4, -0.2) is 117 Å². The van der Waals surface area contributed by atoms with Crippen molar-refractivity contribution in [3.05, 3.63) is 129 Å². The number of piperazine rings is 1. The van der Waals surface area contributed by atoms with Crippen molar-refractivity contribution in [3.8, 4) is 33.9 Å². The highest BCUT2D eigenvalue weighted by Gasteiger charge is 2.29. The van der Waals surface area contributed by atoms with Crippen LogP contribution in [0.2, 0.25) is 0 Å². The van der Waals surface area contributed by atoms with E-state index in [0.29, 0.717) is 53.2 Å². The lowest BCUT2D eigenvalue weighted by Crippen LogP contribution is -2.46. The van der Waals surface area contributed by atoms with E-state index in [2.05, 4.69) is 33.3 Å². The van der Waals surface area contributed by atoms with Crippen LogP contribution in [0.3, 0.4) is 0 Å². The van der Waals surface area contributed by atoms with E-state index in [1.807, 2.05) is 94.0 Å². The molecule has 0 bridgehead atoms. The highest BCUT2D eigenvalue weighted by Crippen LogP contribution is 2.42. The zero-order valence-corrected chi connectivity index (χ0v) is 39.8. The lowest BCUT2D eigenvalue weighted by Gasteiger charge is -2.34. The summed E-state index contributed by atoms with van der Waals surface area (Å²) in [5, 5.41) is 25.7. The number of carbonyl (C=O) groups excluding carboxylic acids is 3. The number of hydrogen-bond donors (Lipinski definition) is 3. The number of nitrogens with zero attached hydrogens (tertiary/aromatic N) is 5. The molecule has 2 amide bonds. The van der Waals surface area contributed by atoms with E-state index in [1.165, 1.54) is 18.7 Å². The highest BCUT2D eigenvalue weighted by atomic mass is 16.5. The van der Waals surface area contributed by atoms with Gasteiger partial charge in [0.2, 0.25) is 5.36 Å². The Bertz CT molecular complexity index is 2870. The molecule has 0 spiro atoms. The minimum Gasteiger partial charge on any atom is -0.508 e. The Kier molecular flexibility index (Phi) is 14.0. The number of methoxy groups -OCH3 is 1. The highest BCUT2D eigenvalue weighted by molar-refractivity contribution is 6.09. The van der Waals surface area contributed by atoms with E-state index < -0.39 is 5.97 Å². The summed E-state index contributed by atoms with van der Waals surface area (Å²) in [5.74, 6) is -0.509. The third-order valence-electron chi connectivity index (χ3n) is 13.3. The summed E-state index contributed by atoms with van der Waals surface area (Å²) < 4.78 is 13.8. The van der Waals surface area contributed by atoms with E-state index in [4.69, 9.17) is 9.15 Å². The van der Waals surface area contributed by atoms with Gasteiger partial charge in [0.25, 0.3) is 11.8 Å². The first-order chi connectivity index (χ1) is 32.2. The topological polar surface area (TPSA) is 142 Å². The maximum absolute atomic E-state index is 13.5. The first kappa shape index (κ1) is 46.8. The van der Waals surface area contributed by atoms with Crippen molar-refractivity contribution in [1.29, 1.82) is 0 Å². The fourth-order valence-electron chi connectivity index (χ4n) is 9.35. The molecule has 0 radical (unpaired) electrons. The zero-order valence-electron chi connectivity index (χ0n) is 39.8. The van der Waals surface area contributed by atoms with Crippen LogP contribution in [0.1, 0.15) is 92.4 Å². The number of phenols is 2. The number of amides is 2. The van der Waals surface area contributed by atoms with Gasteiger partial charge in [-0.1, -0.05) is 44.5 Å². The molecule has 1 aliphatic carbocycles. The number of unbranched alkanes of at least 4 members (excludes halogenated alkanes) is 2. The predicted molar refractivity (Wildman–Crippen MR) is 263 cm³/mol. The van der Waals surface area contributed by atoms with Crippen LogP contribution in [0.15, 0.2) is 89.3 Å². The Hall–Kier alpha value is -6.70. The first-order valence-corrected chi connectivity index (χ1v) is 23.3. The van der Waals surface area contributed by atoms with Crippen LogP contribution in [0.5, 0.6) is 11.5 Å². The first-order valence-electron chi connectivity index (χ1n) is 23.3. The largest absolute Gasteiger partial charge is 0.508 e. The summed E-state index contributed by atoms with van der Waals surface area (Å²) in [7, 11) is 9.28. The molecule has 0 aromatic heterocycles. The number of phenolic OH excluding ortho intramolecular Hbond substituents is 2. The molecule has 0 saturated carbocycles. The summed E-state index contributed by atoms with van der Waals surface area (Å²) in [6.45, 7) is 11.2. The van der Waals surface area contributed by atoms with Crippen LogP contribution in [-0.2, 0) is 24.4 Å². The number of fused-ring (bicyclic) bond motifs is 3. The van der Waals surface area contributed by atoms with Gasteiger partial charge in [-0.3, -0.25) is 14.5 Å². The van der Waals surface area contributed by atoms with Crippen LogP contribution >= 0.6 is 0 Å². The van der Waals surface area contributed by atoms with Gasteiger partial charge in [-0.2, -0.15) is 0 Å². The maximum Gasteiger partial charge on any atom is 0.338 e. The van der Waals surface area contributed by atoms with Crippen LogP contribution < -0.4 is 20.1 Å². The molecule has 3 heterocycles. The fourth-order valence-corrected chi connectivity index (χ4v) is 9.35. The molecule has 13 heteroatoms. The molecule has 4 aliphatic rings. The number of nitrogens with one attached hydrogen (secondary N) is 1. The van der Waals surface area contributed by atoms with Crippen molar-refractivity contribution in [2.45, 2.75) is 58.7 Å². The zero-order chi connectivity index (χ0) is 47.5. The number of rotatable bonds is 14.